The highest BCUT2D eigenvalue weighted by atomic mass is 32.1. The highest BCUT2D eigenvalue weighted by Gasteiger charge is 2.12. The van der Waals surface area contributed by atoms with Gasteiger partial charge in [0.15, 0.2) is 0 Å². The van der Waals surface area contributed by atoms with Gasteiger partial charge in [0.25, 0.3) is 0 Å². The highest BCUT2D eigenvalue weighted by Crippen LogP contribution is 2.25. The molecule has 0 aliphatic rings. The normalized spacial score (nSPS) is 10.9. The minimum Gasteiger partial charge on any atom is -0.478 e. The van der Waals surface area contributed by atoms with Gasteiger partial charge in [0.05, 0.1) is 16.6 Å². The first kappa shape index (κ1) is 11.0. The molecule has 0 saturated heterocycles. The van der Waals surface area contributed by atoms with E-state index in [0.717, 1.165) is 16.9 Å². The zero-order valence-electron chi connectivity index (χ0n) is 9.62. The lowest BCUT2D eigenvalue weighted by atomic mass is 10.2. The number of rotatable bonds is 2. The van der Waals surface area contributed by atoms with Crippen molar-refractivity contribution in [3.8, 4) is 11.4 Å². The Balaban J connectivity index is 2.25. The second-order valence-corrected chi connectivity index (χ2v) is 4.80. The fraction of sp³-hybridized carbons (Fsp3) is 0.0769. The summed E-state index contributed by atoms with van der Waals surface area (Å²) in [5, 5.41) is 13.0. The second kappa shape index (κ2) is 3.96. The van der Waals surface area contributed by atoms with Crippen LogP contribution in [0.4, 0.5) is 0 Å². The van der Waals surface area contributed by atoms with Gasteiger partial charge in [0, 0.05) is 18.0 Å². The number of benzene rings is 1. The molecule has 0 spiro atoms. The Morgan fingerprint density at radius 1 is 1.39 bits per heavy atom. The zero-order chi connectivity index (χ0) is 12.7. The van der Waals surface area contributed by atoms with Crippen molar-refractivity contribution in [2.75, 3.05) is 0 Å². The third-order valence-corrected chi connectivity index (χ3v) is 3.59. The molecule has 0 atom stereocenters. The maximum absolute atomic E-state index is 10.9. The summed E-state index contributed by atoms with van der Waals surface area (Å²) in [6, 6.07) is 7.00. The van der Waals surface area contributed by atoms with Crippen LogP contribution in [0, 0.1) is 0 Å². The number of aromatic nitrogens is 2. The molecule has 90 valence electrons. The molecule has 0 fully saturated rings. The van der Waals surface area contributed by atoms with Gasteiger partial charge in [-0.15, -0.1) is 0 Å². The fourth-order valence-corrected chi connectivity index (χ4v) is 2.62. The molecular formula is C13H10N2O2S. The van der Waals surface area contributed by atoms with Crippen molar-refractivity contribution < 1.29 is 9.90 Å². The standard InChI is InChI=1S/C13H10N2O2S/c1-15-11-3-2-8(13(16)17)6-10(11)14-12(15)9-4-5-18-7-9/h2-7H,1H3,(H,16,17). The molecule has 2 heterocycles. The Kier molecular flexibility index (Phi) is 2.41. The Morgan fingerprint density at radius 2 is 2.22 bits per heavy atom. The van der Waals surface area contributed by atoms with E-state index in [4.69, 9.17) is 5.11 Å². The van der Waals surface area contributed by atoms with Crippen LogP contribution in [0.15, 0.2) is 35.0 Å². The van der Waals surface area contributed by atoms with E-state index in [9.17, 15) is 4.79 Å². The number of fused-ring (bicyclic) bond motifs is 1. The van der Waals surface area contributed by atoms with Gasteiger partial charge in [0.2, 0.25) is 0 Å². The lowest BCUT2D eigenvalue weighted by Crippen LogP contribution is -1.95. The van der Waals surface area contributed by atoms with Crippen molar-refractivity contribution in [2.24, 2.45) is 7.05 Å². The molecular weight excluding hydrogens is 248 g/mol. The third-order valence-electron chi connectivity index (χ3n) is 2.91. The lowest BCUT2D eigenvalue weighted by Gasteiger charge is -1.99. The van der Waals surface area contributed by atoms with Crippen molar-refractivity contribution in [3.63, 3.8) is 0 Å². The maximum atomic E-state index is 10.9. The monoisotopic (exact) mass is 258 g/mol. The molecule has 5 heteroatoms. The smallest absolute Gasteiger partial charge is 0.335 e. The molecule has 0 saturated carbocycles. The summed E-state index contributed by atoms with van der Waals surface area (Å²) >= 11 is 1.61. The summed E-state index contributed by atoms with van der Waals surface area (Å²) < 4.78 is 1.98. The Morgan fingerprint density at radius 3 is 2.89 bits per heavy atom. The number of hydrogen-bond acceptors (Lipinski definition) is 3. The largest absolute Gasteiger partial charge is 0.478 e. The Hall–Kier alpha value is -2.14. The topological polar surface area (TPSA) is 55.1 Å². The van der Waals surface area contributed by atoms with Gasteiger partial charge in [-0.1, -0.05) is 0 Å². The van der Waals surface area contributed by atoms with Crippen LogP contribution in [-0.4, -0.2) is 20.6 Å². The molecule has 0 aliphatic heterocycles. The molecule has 1 N–H and O–H groups in total. The minimum atomic E-state index is -0.931. The van der Waals surface area contributed by atoms with E-state index in [1.165, 1.54) is 0 Å². The average molecular weight is 258 g/mol. The summed E-state index contributed by atoms with van der Waals surface area (Å²) in [7, 11) is 1.93. The van der Waals surface area contributed by atoms with E-state index >= 15 is 0 Å². The van der Waals surface area contributed by atoms with Crippen LogP contribution in [0.1, 0.15) is 10.4 Å². The number of thiophene rings is 1. The van der Waals surface area contributed by atoms with Gasteiger partial charge < -0.3 is 9.67 Å². The van der Waals surface area contributed by atoms with E-state index in [0.29, 0.717) is 5.52 Å². The van der Waals surface area contributed by atoms with Crippen molar-refractivity contribution >= 4 is 28.3 Å². The van der Waals surface area contributed by atoms with Crippen molar-refractivity contribution in [2.45, 2.75) is 0 Å². The van der Waals surface area contributed by atoms with Crippen LogP contribution in [-0.2, 0) is 7.05 Å². The summed E-state index contributed by atoms with van der Waals surface area (Å²) in [6.45, 7) is 0. The molecule has 2 aromatic heterocycles. The predicted octanol–water partition coefficient (Wildman–Crippen LogP) is 3.00. The molecule has 4 nitrogen and oxygen atoms in total. The van der Waals surface area contributed by atoms with Crippen molar-refractivity contribution in [1.82, 2.24) is 9.55 Å². The maximum Gasteiger partial charge on any atom is 0.335 e. The summed E-state index contributed by atoms with van der Waals surface area (Å²) in [6.07, 6.45) is 0. The van der Waals surface area contributed by atoms with Gasteiger partial charge in [-0.05, 0) is 29.6 Å². The lowest BCUT2D eigenvalue weighted by molar-refractivity contribution is 0.0697. The number of aryl methyl sites for hydroxylation is 1. The van der Waals surface area contributed by atoms with Gasteiger partial charge in [-0.25, -0.2) is 9.78 Å². The Bertz CT molecular complexity index is 729. The van der Waals surface area contributed by atoms with Gasteiger partial charge in [0.1, 0.15) is 5.82 Å². The van der Waals surface area contributed by atoms with Crippen LogP contribution >= 0.6 is 11.3 Å². The summed E-state index contributed by atoms with van der Waals surface area (Å²) in [4.78, 5) is 15.4. The molecule has 0 unspecified atom stereocenters. The number of imidazole rings is 1. The third kappa shape index (κ3) is 1.60. The fourth-order valence-electron chi connectivity index (χ4n) is 1.98. The first-order valence-electron chi connectivity index (χ1n) is 5.39. The minimum absolute atomic E-state index is 0.262. The van der Waals surface area contributed by atoms with Crippen LogP contribution in [0.5, 0.6) is 0 Å². The summed E-state index contributed by atoms with van der Waals surface area (Å²) in [5.74, 6) is -0.0755. The number of carbonyl (C=O) groups is 1. The predicted molar refractivity (Wildman–Crippen MR) is 71.0 cm³/mol. The molecule has 0 radical (unpaired) electrons. The number of aromatic carboxylic acids is 1. The quantitative estimate of drug-likeness (QED) is 0.768. The molecule has 0 bridgehead atoms. The van der Waals surface area contributed by atoms with E-state index in [-0.39, 0.29) is 5.56 Å². The number of carboxylic acids is 1. The molecule has 18 heavy (non-hydrogen) atoms. The highest BCUT2D eigenvalue weighted by molar-refractivity contribution is 7.08. The van der Waals surface area contributed by atoms with Crippen molar-refractivity contribution in [1.29, 1.82) is 0 Å². The zero-order valence-corrected chi connectivity index (χ0v) is 10.4. The summed E-state index contributed by atoms with van der Waals surface area (Å²) in [5.41, 5.74) is 2.95. The number of hydrogen-bond donors (Lipinski definition) is 1. The van der Waals surface area contributed by atoms with Crippen molar-refractivity contribution in [3.05, 3.63) is 40.6 Å². The van der Waals surface area contributed by atoms with Gasteiger partial charge >= 0.3 is 5.97 Å². The first-order valence-corrected chi connectivity index (χ1v) is 6.33. The second-order valence-electron chi connectivity index (χ2n) is 4.02. The SMILES string of the molecule is Cn1c(-c2ccsc2)nc2cc(C(=O)O)ccc21. The van der Waals surface area contributed by atoms with Crippen LogP contribution in [0.2, 0.25) is 0 Å². The molecule has 3 aromatic rings. The number of carboxylic acid groups (broad SMARTS) is 1. The van der Waals surface area contributed by atoms with E-state index in [1.807, 2.05) is 28.4 Å². The van der Waals surface area contributed by atoms with E-state index in [1.54, 1.807) is 29.5 Å². The molecule has 3 rings (SSSR count). The van der Waals surface area contributed by atoms with Crippen LogP contribution in [0.3, 0.4) is 0 Å². The number of nitrogens with zero attached hydrogens (tertiary/aromatic N) is 2. The van der Waals surface area contributed by atoms with E-state index in [2.05, 4.69) is 4.98 Å². The average Bonchev–Trinajstić information content (AvgIpc) is 2.97. The van der Waals surface area contributed by atoms with Gasteiger partial charge in [-0.2, -0.15) is 11.3 Å². The molecule has 0 aliphatic carbocycles. The van der Waals surface area contributed by atoms with Crippen LogP contribution in [0.25, 0.3) is 22.4 Å². The molecule has 1 aromatic carbocycles. The van der Waals surface area contributed by atoms with Crippen LogP contribution < -0.4 is 0 Å². The van der Waals surface area contributed by atoms with E-state index < -0.39 is 5.97 Å². The first-order chi connectivity index (χ1) is 8.66. The molecule has 0 amide bonds. The Labute approximate surface area is 107 Å². The van der Waals surface area contributed by atoms with Gasteiger partial charge in [-0.3, -0.25) is 0 Å².